The first-order chi connectivity index (χ1) is 10.8. The number of hydrogen-bond donors (Lipinski definition) is 1. The van der Waals surface area contributed by atoms with Crippen LogP contribution in [0.4, 0.5) is 4.79 Å². The number of carbonyl (C=O) groups excluding carboxylic acids is 3. The van der Waals surface area contributed by atoms with Crippen molar-refractivity contribution in [3.63, 3.8) is 0 Å². The van der Waals surface area contributed by atoms with Gasteiger partial charge in [0.25, 0.3) is 5.91 Å². The van der Waals surface area contributed by atoms with Gasteiger partial charge in [-0.05, 0) is 44.0 Å². The van der Waals surface area contributed by atoms with Gasteiger partial charge in [0.15, 0.2) is 6.61 Å². The lowest BCUT2D eigenvalue weighted by Gasteiger charge is -2.09. The molecule has 0 fully saturated rings. The third-order valence-electron chi connectivity index (χ3n) is 2.68. The standard InChI is InChI=1S/C15H18BrNO5S/c1-4-21-15(20)17-13(18)7-22-14(19)8-23-12-6-9(2)11(16)5-10(12)3/h5-6H,4,7-8H2,1-3H3,(H,17,18,20). The van der Waals surface area contributed by atoms with E-state index in [1.807, 2.05) is 31.3 Å². The number of benzene rings is 1. The summed E-state index contributed by atoms with van der Waals surface area (Å²) in [5.41, 5.74) is 2.11. The molecule has 0 saturated carbocycles. The van der Waals surface area contributed by atoms with Crippen LogP contribution in [0.2, 0.25) is 0 Å². The van der Waals surface area contributed by atoms with Gasteiger partial charge in [0.05, 0.1) is 12.4 Å². The van der Waals surface area contributed by atoms with Crippen LogP contribution in [0, 0.1) is 13.8 Å². The molecule has 8 heteroatoms. The van der Waals surface area contributed by atoms with E-state index >= 15 is 0 Å². The minimum absolute atomic E-state index is 0.0780. The molecular formula is C15H18BrNO5S. The lowest BCUT2D eigenvalue weighted by atomic mass is 10.2. The molecule has 2 amide bonds. The summed E-state index contributed by atoms with van der Waals surface area (Å²) in [6.45, 7) is 5.17. The van der Waals surface area contributed by atoms with Crippen molar-refractivity contribution in [3.8, 4) is 0 Å². The fourth-order valence-corrected chi connectivity index (χ4v) is 2.91. The Morgan fingerprint density at radius 1 is 1.17 bits per heavy atom. The molecule has 126 valence electrons. The molecule has 6 nitrogen and oxygen atoms in total. The van der Waals surface area contributed by atoms with Gasteiger partial charge in [-0.15, -0.1) is 11.8 Å². The van der Waals surface area contributed by atoms with Crippen LogP contribution in [0.3, 0.4) is 0 Å². The van der Waals surface area contributed by atoms with Gasteiger partial charge in [0, 0.05) is 9.37 Å². The molecule has 1 aromatic rings. The summed E-state index contributed by atoms with van der Waals surface area (Å²) in [5.74, 6) is -1.18. The van der Waals surface area contributed by atoms with Crippen LogP contribution in [-0.2, 0) is 19.1 Å². The largest absolute Gasteiger partial charge is 0.455 e. The molecule has 0 aliphatic rings. The van der Waals surface area contributed by atoms with Crippen molar-refractivity contribution in [1.82, 2.24) is 5.32 Å². The minimum atomic E-state index is -0.858. The number of ether oxygens (including phenoxy) is 2. The second kappa shape index (κ2) is 9.57. The Labute approximate surface area is 147 Å². The summed E-state index contributed by atoms with van der Waals surface area (Å²) in [4.78, 5) is 35.0. The number of aryl methyl sites for hydroxylation is 2. The molecule has 0 bridgehead atoms. The van der Waals surface area contributed by atoms with Crippen molar-refractivity contribution in [2.45, 2.75) is 25.7 Å². The van der Waals surface area contributed by atoms with Gasteiger partial charge in [-0.25, -0.2) is 4.79 Å². The van der Waals surface area contributed by atoms with E-state index in [9.17, 15) is 14.4 Å². The predicted octanol–water partition coefficient (Wildman–Crippen LogP) is 2.97. The summed E-state index contributed by atoms with van der Waals surface area (Å²) >= 11 is 4.78. The molecule has 0 heterocycles. The van der Waals surface area contributed by atoms with Crippen molar-refractivity contribution in [2.24, 2.45) is 0 Å². The van der Waals surface area contributed by atoms with Crippen LogP contribution >= 0.6 is 27.7 Å². The number of thioether (sulfide) groups is 1. The maximum Gasteiger partial charge on any atom is 0.413 e. The molecule has 0 aliphatic carbocycles. The highest BCUT2D eigenvalue weighted by atomic mass is 79.9. The van der Waals surface area contributed by atoms with E-state index in [1.54, 1.807) is 6.92 Å². The molecule has 0 spiro atoms. The molecule has 0 saturated heterocycles. The molecule has 0 unspecified atom stereocenters. The first-order valence-corrected chi connectivity index (χ1v) is 8.63. The summed E-state index contributed by atoms with van der Waals surface area (Å²) in [7, 11) is 0. The molecule has 1 N–H and O–H groups in total. The Balaban J connectivity index is 2.39. The van der Waals surface area contributed by atoms with Crippen molar-refractivity contribution in [1.29, 1.82) is 0 Å². The van der Waals surface area contributed by atoms with Crippen molar-refractivity contribution in [2.75, 3.05) is 19.0 Å². The number of halogens is 1. The maximum atomic E-state index is 11.6. The van der Waals surface area contributed by atoms with E-state index in [0.29, 0.717) is 0 Å². The number of rotatable bonds is 6. The van der Waals surface area contributed by atoms with Gasteiger partial charge in [-0.3, -0.25) is 14.9 Å². The molecule has 23 heavy (non-hydrogen) atoms. The monoisotopic (exact) mass is 403 g/mol. The van der Waals surface area contributed by atoms with Crippen LogP contribution < -0.4 is 5.32 Å². The Bertz CT molecular complexity index is 606. The molecular weight excluding hydrogens is 386 g/mol. The number of nitrogens with one attached hydrogen (secondary N) is 1. The average molecular weight is 404 g/mol. The molecule has 0 aliphatic heterocycles. The lowest BCUT2D eigenvalue weighted by Crippen LogP contribution is -2.34. The van der Waals surface area contributed by atoms with Crippen molar-refractivity contribution < 1.29 is 23.9 Å². The third-order valence-corrected chi connectivity index (χ3v) is 4.67. The van der Waals surface area contributed by atoms with E-state index in [1.165, 1.54) is 11.8 Å². The zero-order valence-electron chi connectivity index (χ0n) is 13.1. The maximum absolute atomic E-state index is 11.6. The molecule has 1 aromatic carbocycles. The van der Waals surface area contributed by atoms with E-state index < -0.39 is 24.6 Å². The second-order valence-electron chi connectivity index (χ2n) is 4.58. The molecule has 0 aromatic heterocycles. The van der Waals surface area contributed by atoms with Gasteiger partial charge in [-0.2, -0.15) is 0 Å². The average Bonchev–Trinajstić information content (AvgIpc) is 2.47. The highest BCUT2D eigenvalue weighted by Gasteiger charge is 2.12. The van der Waals surface area contributed by atoms with E-state index in [0.717, 1.165) is 20.5 Å². The number of alkyl carbamates (subject to hydrolysis) is 1. The molecule has 0 atom stereocenters. The lowest BCUT2D eigenvalue weighted by molar-refractivity contribution is -0.145. The number of carbonyl (C=O) groups is 3. The summed E-state index contributed by atoms with van der Waals surface area (Å²) < 4.78 is 10.4. The number of amides is 2. The fraction of sp³-hybridized carbons (Fsp3) is 0.400. The number of esters is 1. The van der Waals surface area contributed by atoms with E-state index in [4.69, 9.17) is 4.74 Å². The Morgan fingerprint density at radius 3 is 2.52 bits per heavy atom. The van der Waals surface area contributed by atoms with Crippen molar-refractivity contribution >= 4 is 45.7 Å². The Morgan fingerprint density at radius 2 is 1.87 bits per heavy atom. The minimum Gasteiger partial charge on any atom is -0.455 e. The number of hydrogen-bond acceptors (Lipinski definition) is 6. The summed E-state index contributed by atoms with van der Waals surface area (Å²) in [5, 5.41) is 1.94. The van der Waals surface area contributed by atoms with Crippen LogP contribution in [-0.4, -0.2) is 36.9 Å². The normalized spacial score (nSPS) is 10.1. The van der Waals surface area contributed by atoms with Gasteiger partial charge in [-0.1, -0.05) is 15.9 Å². The topological polar surface area (TPSA) is 81.7 Å². The SMILES string of the molecule is CCOC(=O)NC(=O)COC(=O)CSc1cc(C)c(Br)cc1C. The first-order valence-electron chi connectivity index (χ1n) is 6.85. The van der Waals surface area contributed by atoms with Gasteiger partial charge < -0.3 is 9.47 Å². The van der Waals surface area contributed by atoms with Crippen LogP contribution in [0.25, 0.3) is 0 Å². The van der Waals surface area contributed by atoms with Gasteiger partial charge in [0.1, 0.15) is 0 Å². The molecule has 0 radical (unpaired) electrons. The second-order valence-corrected chi connectivity index (χ2v) is 6.46. The summed E-state index contributed by atoms with van der Waals surface area (Å²) in [6, 6.07) is 3.96. The molecule has 1 rings (SSSR count). The Hall–Kier alpha value is -1.54. The Kier molecular flexibility index (Phi) is 8.11. The third kappa shape index (κ3) is 7.04. The van der Waals surface area contributed by atoms with Gasteiger partial charge >= 0.3 is 12.1 Å². The predicted molar refractivity (Wildman–Crippen MR) is 90.5 cm³/mol. The summed E-state index contributed by atoms with van der Waals surface area (Å²) in [6.07, 6.45) is -0.858. The zero-order valence-corrected chi connectivity index (χ0v) is 15.5. The number of imide groups is 1. The highest BCUT2D eigenvalue weighted by molar-refractivity contribution is 9.10. The van der Waals surface area contributed by atoms with Gasteiger partial charge in [0.2, 0.25) is 0 Å². The first kappa shape index (κ1) is 19.5. The fourth-order valence-electron chi connectivity index (χ4n) is 1.55. The van der Waals surface area contributed by atoms with Crippen LogP contribution in [0.15, 0.2) is 21.5 Å². The van der Waals surface area contributed by atoms with Crippen LogP contribution in [0.1, 0.15) is 18.1 Å². The van der Waals surface area contributed by atoms with E-state index in [-0.39, 0.29) is 12.4 Å². The zero-order chi connectivity index (χ0) is 17.4. The van der Waals surface area contributed by atoms with Crippen LogP contribution in [0.5, 0.6) is 0 Å². The van der Waals surface area contributed by atoms with E-state index in [2.05, 4.69) is 20.7 Å². The quantitative estimate of drug-likeness (QED) is 0.580. The van der Waals surface area contributed by atoms with Crippen molar-refractivity contribution in [3.05, 3.63) is 27.7 Å². The smallest absolute Gasteiger partial charge is 0.413 e. The highest BCUT2D eigenvalue weighted by Crippen LogP contribution is 2.28.